The van der Waals surface area contributed by atoms with E-state index in [2.05, 4.69) is 11.1 Å². The Morgan fingerprint density at radius 1 is 1.07 bits per heavy atom. The van der Waals surface area contributed by atoms with E-state index in [1.165, 1.54) is 5.56 Å². The molecule has 5 heteroatoms. The molecule has 1 aromatic heterocycles. The number of carbonyl (C=O) groups is 2. The van der Waals surface area contributed by atoms with Gasteiger partial charge in [-0.25, -0.2) is 0 Å². The number of para-hydroxylation sites is 1. The van der Waals surface area contributed by atoms with Crippen molar-refractivity contribution < 1.29 is 14.3 Å². The molecule has 0 aliphatic rings. The van der Waals surface area contributed by atoms with E-state index in [9.17, 15) is 9.59 Å². The van der Waals surface area contributed by atoms with Gasteiger partial charge in [-0.2, -0.15) is 0 Å². The van der Waals surface area contributed by atoms with Gasteiger partial charge in [0.2, 0.25) is 0 Å². The summed E-state index contributed by atoms with van der Waals surface area (Å²) in [5.74, 6) is -0.570. The van der Waals surface area contributed by atoms with Crippen molar-refractivity contribution in [1.29, 1.82) is 0 Å². The average Bonchev–Trinajstić information content (AvgIpc) is 3.09. The SMILES string of the molecule is Cc1ccc(CN(C)C(=O)COC(=O)CCc2c[nH]c3ccccc23)c(C)c1. The van der Waals surface area contributed by atoms with E-state index >= 15 is 0 Å². The number of aromatic nitrogens is 1. The van der Waals surface area contributed by atoms with Gasteiger partial charge in [0, 0.05) is 37.1 Å². The third-order valence-corrected chi connectivity index (χ3v) is 4.96. The number of benzene rings is 2. The molecule has 1 amide bonds. The van der Waals surface area contributed by atoms with Gasteiger partial charge in [0.1, 0.15) is 0 Å². The molecule has 0 atom stereocenters. The zero-order chi connectivity index (χ0) is 20.1. The van der Waals surface area contributed by atoms with Crippen LogP contribution in [0.4, 0.5) is 0 Å². The second kappa shape index (κ2) is 8.74. The molecular formula is C23H26N2O3. The lowest BCUT2D eigenvalue weighted by molar-refractivity contribution is -0.151. The summed E-state index contributed by atoms with van der Waals surface area (Å²) in [4.78, 5) is 29.1. The van der Waals surface area contributed by atoms with Gasteiger partial charge in [-0.1, -0.05) is 42.0 Å². The first kappa shape index (κ1) is 19.7. The van der Waals surface area contributed by atoms with Crippen LogP contribution in [0, 0.1) is 13.8 Å². The predicted molar refractivity (Wildman–Crippen MR) is 110 cm³/mol. The minimum Gasteiger partial charge on any atom is -0.456 e. The fraction of sp³-hybridized carbons (Fsp3) is 0.304. The highest BCUT2D eigenvalue weighted by Gasteiger charge is 2.14. The smallest absolute Gasteiger partial charge is 0.306 e. The lowest BCUT2D eigenvalue weighted by Crippen LogP contribution is -2.31. The fourth-order valence-electron chi connectivity index (χ4n) is 3.27. The molecule has 0 spiro atoms. The summed E-state index contributed by atoms with van der Waals surface area (Å²) in [7, 11) is 1.72. The van der Waals surface area contributed by atoms with Crippen LogP contribution in [0.25, 0.3) is 10.9 Å². The van der Waals surface area contributed by atoms with E-state index in [0.29, 0.717) is 13.0 Å². The van der Waals surface area contributed by atoms with Gasteiger partial charge in [0.05, 0.1) is 0 Å². The highest BCUT2D eigenvalue weighted by molar-refractivity contribution is 5.84. The number of rotatable bonds is 7. The van der Waals surface area contributed by atoms with Crippen molar-refractivity contribution >= 4 is 22.8 Å². The first-order valence-electron chi connectivity index (χ1n) is 9.45. The fourth-order valence-corrected chi connectivity index (χ4v) is 3.27. The number of fused-ring (bicyclic) bond motifs is 1. The number of carbonyl (C=O) groups excluding carboxylic acids is 2. The van der Waals surface area contributed by atoms with Crippen molar-refractivity contribution in [3.05, 3.63) is 70.9 Å². The maximum Gasteiger partial charge on any atom is 0.306 e. The van der Waals surface area contributed by atoms with E-state index in [1.54, 1.807) is 11.9 Å². The maximum atomic E-state index is 12.3. The number of nitrogens with one attached hydrogen (secondary N) is 1. The second-order valence-electron chi connectivity index (χ2n) is 7.20. The number of aryl methyl sites for hydroxylation is 3. The van der Waals surface area contributed by atoms with Crippen LogP contribution in [0.2, 0.25) is 0 Å². The van der Waals surface area contributed by atoms with Crippen LogP contribution >= 0.6 is 0 Å². The van der Waals surface area contributed by atoms with E-state index in [4.69, 9.17) is 4.74 Å². The number of hydrogen-bond acceptors (Lipinski definition) is 3. The molecule has 5 nitrogen and oxygen atoms in total. The largest absolute Gasteiger partial charge is 0.456 e. The zero-order valence-electron chi connectivity index (χ0n) is 16.6. The number of amides is 1. The molecule has 0 radical (unpaired) electrons. The number of esters is 1. The van der Waals surface area contributed by atoms with Crippen LogP contribution in [0.15, 0.2) is 48.7 Å². The number of hydrogen-bond donors (Lipinski definition) is 1. The maximum absolute atomic E-state index is 12.3. The molecule has 0 bridgehead atoms. The highest BCUT2D eigenvalue weighted by atomic mass is 16.5. The van der Waals surface area contributed by atoms with Gasteiger partial charge in [-0.05, 0) is 43.0 Å². The van der Waals surface area contributed by atoms with Gasteiger partial charge in [0.25, 0.3) is 5.91 Å². The number of aromatic amines is 1. The summed E-state index contributed by atoms with van der Waals surface area (Å²) in [6.45, 7) is 4.35. The van der Waals surface area contributed by atoms with Crippen LogP contribution in [-0.4, -0.2) is 35.4 Å². The summed E-state index contributed by atoms with van der Waals surface area (Å²) in [6.07, 6.45) is 2.74. The molecule has 28 heavy (non-hydrogen) atoms. The van der Waals surface area contributed by atoms with E-state index in [1.807, 2.05) is 56.4 Å². The van der Waals surface area contributed by atoms with Gasteiger partial charge in [0.15, 0.2) is 6.61 Å². The normalized spacial score (nSPS) is 10.8. The van der Waals surface area contributed by atoms with Crippen molar-refractivity contribution in [1.82, 2.24) is 9.88 Å². The van der Waals surface area contributed by atoms with E-state index in [-0.39, 0.29) is 24.9 Å². The monoisotopic (exact) mass is 378 g/mol. The molecule has 1 N–H and O–H groups in total. The molecular weight excluding hydrogens is 352 g/mol. The Labute approximate surface area is 165 Å². The van der Waals surface area contributed by atoms with Gasteiger partial charge >= 0.3 is 5.97 Å². The molecule has 1 heterocycles. The molecule has 146 valence electrons. The molecule has 0 aliphatic heterocycles. The zero-order valence-corrected chi connectivity index (χ0v) is 16.6. The number of likely N-dealkylation sites (N-methyl/N-ethyl adjacent to an activating group) is 1. The predicted octanol–water partition coefficient (Wildman–Crippen LogP) is 3.92. The number of nitrogens with zero attached hydrogens (tertiary/aromatic N) is 1. The molecule has 0 saturated heterocycles. The minimum atomic E-state index is -0.362. The third-order valence-electron chi connectivity index (χ3n) is 4.96. The first-order chi connectivity index (χ1) is 13.4. The Morgan fingerprint density at radius 3 is 2.64 bits per heavy atom. The molecule has 2 aromatic carbocycles. The Balaban J connectivity index is 1.46. The Kier molecular flexibility index (Phi) is 6.14. The van der Waals surface area contributed by atoms with Crippen LogP contribution in [0.5, 0.6) is 0 Å². The quantitative estimate of drug-likeness (QED) is 0.634. The highest BCUT2D eigenvalue weighted by Crippen LogP contribution is 2.19. The topological polar surface area (TPSA) is 62.4 Å². The van der Waals surface area contributed by atoms with Crippen molar-refractivity contribution in [2.24, 2.45) is 0 Å². The van der Waals surface area contributed by atoms with Crippen LogP contribution < -0.4 is 0 Å². The molecule has 3 rings (SSSR count). The van der Waals surface area contributed by atoms with Crippen LogP contribution in [0.1, 0.15) is 28.7 Å². The lowest BCUT2D eigenvalue weighted by Gasteiger charge is -2.18. The summed E-state index contributed by atoms with van der Waals surface area (Å²) < 4.78 is 5.18. The number of H-pyrrole nitrogens is 1. The molecule has 0 aliphatic carbocycles. The van der Waals surface area contributed by atoms with Crippen molar-refractivity contribution in [3.8, 4) is 0 Å². The van der Waals surface area contributed by atoms with Gasteiger partial charge in [-0.15, -0.1) is 0 Å². The standard InChI is InChI=1S/C23H26N2O3/c1-16-8-9-19(17(2)12-16)14-25(3)22(26)15-28-23(27)11-10-18-13-24-21-7-5-4-6-20(18)21/h4-9,12-13,24H,10-11,14-15H2,1-3H3. The Bertz CT molecular complexity index is 990. The van der Waals surface area contributed by atoms with Gasteiger partial charge in [-0.3, -0.25) is 9.59 Å². The Morgan fingerprint density at radius 2 is 1.86 bits per heavy atom. The van der Waals surface area contributed by atoms with Crippen molar-refractivity contribution in [3.63, 3.8) is 0 Å². The van der Waals surface area contributed by atoms with Crippen molar-refractivity contribution in [2.45, 2.75) is 33.2 Å². The lowest BCUT2D eigenvalue weighted by atomic mass is 10.1. The van der Waals surface area contributed by atoms with E-state index in [0.717, 1.165) is 27.6 Å². The molecule has 0 unspecified atom stereocenters. The van der Waals surface area contributed by atoms with Crippen molar-refractivity contribution in [2.75, 3.05) is 13.7 Å². The summed E-state index contributed by atoms with van der Waals surface area (Å²) in [6, 6.07) is 14.1. The average molecular weight is 378 g/mol. The first-order valence-corrected chi connectivity index (χ1v) is 9.45. The summed E-state index contributed by atoms with van der Waals surface area (Å²) >= 11 is 0. The third kappa shape index (κ3) is 4.80. The number of ether oxygens (including phenoxy) is 1. The summed E-state index contributed by atoms with van der Waals surface area (Å²) in [5, 5.41) is 1.11. The molecule has 0 fully saturated rings. The van der Waals surface area contributed by atoms with Crippen LogP contribution in [0.3, 0.4) is 0 Å². The minimum absolute atomic E-state index is 0.208. The van der Waals surface area contributed by atoms with E-state index < -0.39 is 0 Å². The summed E-state index contributed by atoms with van der Waals surface area (Å²) in [5.41, 5.74) is 5.56. The van der Waals surface area contributed by atoms with Gasteiger partial charge < -0.3 is 14.6 Å². The Hall–Kier alpha value is -3.08. The second-order valence-corrected chi connectivity index (χ2v) is 7.20. The molecule has 3 aromatic rings. The molecule has 0 saturated carbocycles. The van der Waals surface area contributed by atoms with Crippen LogP contribution in [-0.2, 0) is 27.3 Å².